The maximum absolute atomic E-state index is 12.9. The Morgan fingerprint density at radius 2 is 1.93 bits per heavy atom. The van der Waals surface area contributed by atoms with Gasteiger partial charge in [0.2, 0.25) is 0 Å². The predicted octanol–water partition coefficient (Wildman–Crippen LogP) is 4.19. The Morgan fingerprint density at radius 1 is 1.19 bits per heavy atom. The Hall–Kier alpha value is -2.08. The van der Waals surface area contributed by atoms with Crippen LogP contribution in [0.2, 0.25) is 0 Å². The number of carbonyl (C=O) groups excluding carboxylic acids is 2. The number of methoxy groups -OCH3 is 1. The van der Waals surface area contributed by atoms with Gasteiger partial charge in [-0.3, -0.25) is 4.79 Å². The van der Waals surface area contributed by atoms with E-state index in [1.54, 1.807) is 18.2 Å². The molecule has 0 radical (unpaired) electrons. The first-order chi connectivity index (χ1) is 13.0. The topological polar surface area (TPSA) is 73.9 Å². The fourth-order valence-corrected chi connectivity index (χ4v) is 2.90. The first-order valence-electron chi connectivity index (χ1n) is 9.76. The molecule has 1 unspecified atom stereocenters. The third-order valence-corrected chi connectivity index (χ3v) is 4.81. The fraction of sp³-hybridized carbons (Fsp3) is 0.619. The number of rotatable bonds is 11. The van der Waals surface area contributed by atoms with Gasteiger partial charge < -0.3 is 19.5 Å². The van der Waals surface area contributed by atoms with Crippen LogP contribution in [0.5, 0.6) is 5.75 Å². The molecule has 150 valence electrons. The number of unbranched alkanes of at least 4 members (excludes halogenated alkanes) is 1. The SMILES string of the molecule is CCCCOc1ccc(NC(=O)C(C)(OCCC)C2CC2)cc1C(=O)OC. The van der Waals surface area contributed by atoms with Gasteiger partial charge in [0.1, 0.15) is 16.9 Å². The van der Waals surface area contributed by atoms with E-state index in [1.807, 2.05) is 13.8 Å². The molecule has 1 aromatic rings. The first kappa shape index (κ1) is 21.2. The lowest BCUT2D eigenvalue weighted by Gasteiger charge is -2.28. The Bertz CT molecular complexity index is 656. The van der Waals surface area contributed by atoms with Crippen LogP contribution in [-0.4, -0.2) is 37.8 Å². The zero-order valence-corrected chi connectivity index (χ0v) is 16.8. The van der Waals surface area contributed by atoms with Crippen molar-refractivity contribution in [3.05, 3.63) is 23.8 Å². The van der Waals surface area contributed by atoms with Gasteiger partial charge in [0, 0.05) is 12.3 Å². The van der Waals surface area contributed by atoms with E-state index in [2.05, 4.69) is 12.2 Å². The molecule has 1 aliphatic rings. The highest BCUT2D eigenvalue weighted by molar-refractivity contribution is 5.99. The molecule has 0 saturated heterocycles. The second-order valence-corrected chi connectivity index (χ2v) is 7.09. The summed E-state index contributed by atoms with van der Waals surface area (Å²) in [5, 5.41) is 2.90. The molecule has 1 N–H and O–H groups in total. The van der Waals surface area contributed by atoms with Crippen molar-refractivity contribution in [3.8, 4) is 5.75 Å². The minimum absolute atomic E-state index is 0.186. The van der Waals surface area contributed by atoms with Gasteiger partial charge in [-0.15, -0.1) is 0 Å². The molecule has 1 saturated carbocycles. The van der Waals surface area contributed by atoms with Gasteiger partial charge >= 0.3 is 5.97 Å². The number of hydrogen-bond acceptors (Lipinski definition) is 5. The van der Waals surface area contributed by atoms with Crippen molar-refractivity contribution in [1.82, 2.24) is 0 Å². The van der Waals surface area contributed by atoms with E-state index >= 15 is 0 Å². The summed E-state index contributed by atoms with van der Waals surface area (Å²) in [6.45, 7) is 7.00. The average molecular weight is 377 g/mol. The standard InChI is InChI=1S/C21H31NO5/c1-5-7-13-26-18-11-10-16(14-17(18)19(23)25-4)22-20(24)21(3,15-8-9-15)27-12-6-2/h10-11,14-15H,5-9,12-13H2,1-4H3,(H,22,24). The van der Waals surface area contributed by atoms with Gasteiger partial charge in [-0.25, -0.2) is 4.79 Å². The molecule has 0 aliphatic heterocycles. The summed E-state index contributed by atoms with van der Waals surface area (Å²) in [5.74, 6) is 0.0139. The van der Waals surface area contributed by atoms with Crippen LogP contribution in [0.25, 0.3) is 0 Å². The van der Waals surface area contributed by atoms with Crippen molar-refractivity contribution >= 4 is 17.6 Å². The number of ether oxygens (including phenoxy) is 3. The molecule has 27 heavy (non-hydrogen) atoms. The van der Waals surface area contributed by atoms with Crippen LogP contribution in [0.4, 0.5) is 5.69 Å². The second kappa shape index (κ2) is 9.74. The van der Waals surface area contributed by atoms with E-state index in [0.717, 1.165) is 32.1 Å². The fourth-order valence-electron chi connectivity index (χ4n) is 2.90. The van der Waals surface area contributed by atoms with Crippen molar-refractivity contribution in [2.24, 2.45) is 5.92 Å². The van der Waals surface area contributed by atoms with Crippen LogP contribution in [0.1, 0.15) is 63.2 Å². The molecule has 0 bridgehead atoms. The predicted molar refractivity (Wildman–Crippen MR) is 104 cm³/mol. The van der Waals surface area contributed by atoms with Gasteiger partial charge in [-0.05, 0) is 56.7 Å². The van der Waals surface area contributed by atoms with E-state index in [1.165, 1.54) is 7.11 Å². The molecule has 1 amide bonds. The molecular formula is C21H31NO5. The van der Waals surface area contributed by atoms with Crippen LogP contribution in [-0.2, 0) is 14.3 Å². The Morgan fingerprint density at radius 3 is 2.52 bits per heavy atom. The number of benzene rings is 1. The molecule has 0 aromatic heterocycles. The molecule has 0 heterocycles. The average Bonchev–Trinajstić information content (AvgIpc) is 3.52. The van der Waals surface area contributed by atoms with Crippen LogP contribution >= 0.6 is 0 Å². The highest BCUT2D eigenvalue weighted by Gasteiger charge is 2.48. The summed E-state index contributed by atoms with van der Waals surface area (Å²) in [4.78, 5) is 25.0. The van der Waals surface area contributed by atoms with E-state index in [9.17, 15) is 9.59 Å². The molecule has 0 spiro atoms. The van der Waals surface area contributed by atoms with E-state index in [0.29, 0.717) is 30.2 Å². The van der Waals surface area contributed by atoms with Crippen molar-refractivity contribution < 1.29 is 23.8 Å². The quantitative estimate of drug-likeness (QED) is 0.462. The summed E-state index contributed by atoms with van der Waals surface area (Å²) in [5.41, 5.74) is -0.0261. The van der Waals surface area contributed by atoms with Gasteiger partial charge in [0.05, 0.1) is 13.7 Å². The Kier molecular flexibility index (Phi) is 7.66. The number of carbonyl (C=O) groups is 2. The Labute approximate surface area is 161 Å². The first-order valence-corrected chi connectivity index (χ1v) is 9.76. The second-order valence-electron chi connectivity index (χ2n) is 7.09. The summed E-state index contributed by atoms with van der Waals surface area (Å²) >= 11 is 0. The number of anilines is 1. The Balaban J connectivity index is 2.17. The van der Waals surface area contributed by atoms with Gasteiger partial charge in [0.25, 0.3) is 5.91 Å². The van der Waals surface area contributed by atoms with Crippen molar-refractivity contribution in [3.63, 3.8) is 0 Å². The zero-order valence-electron chi connectivity index (χ0n) is 16.8. The molecule has 2 rings (SSSR count). The molecule has 1 atom stereocenters. The van der Waals surface area contributed by atoms with E-state index in [-0.39, 0.29) is 11.8 Å². The molecule has 1 aromatic carbocycles. The van der Waals surface area contributed by atoms with Crippen molar-refractivity contribution in [2.45, 2.75) is 58.5 Å². The molecule has 6 heteroatoms. The summed E-state index contributed by atoms with van der Waals surface area (Å²) in [7, 11) is 1.33. The molecule has 6 nitrogen and oxygen atoms in total. The van der Waals surface area contributed by atoms with Crippen molar-refractivity contribution in [2.75, 3.05) is 25.6 Å². The van der Waals surface area contributed by atoms with Gasteiger partial charge in [-0.1, -0.05) is 20.3 Å². The molecular weight excluding hydrogens is 346 g/mol. The molecule has 1 aliphatic carbocycles. The maximum Gasteiger partial charge on any atom is 0.341 e. The molecule has 1 fully saturated rings. The minimum atomic E-state index is -0.849. The lowest BCUT2D eigenvalue weighted by Crippen LogP contribution is -2.45. The summed E-state index contributed by atoms with van der Waals surface area (Å²) in [6.07, 6.45) is 4.73. The lowest BCUT2D eigenvalue weighted by atomic mass is 9.98. The van der Waals surface area contributed by atoms with Gasteiger partial charge in [-0.2, -0.15) is 0 Å². The third kappa shape index (κ3) is 5.45. The number of nitrogens with one attached hydrogen (secondary N) is 1. The smallest absolute Gasteiger partial charge is 0.341 e. The highest BCUT2D eigenvalue weighted by Crippen LogP contribution is 2.42. The normalized spacial score (nSPS) is 15.7. The third-order valence-electron chi connectivity index (χ3n) is 4.81. The van der Waals surface area contributed by atoms with Crippen LogP contribution in [0.15, 0.2) is 18.2 Å². The van der Waals surface area contributed by atoms with Crippen molar-refractivity contribution in [1.29, 1.82) is 0 Å². The number of esters is 1. The largest absolute Gasteiger partial charge is 0.493 e. The van der Waals surface area contributed by atoms with Crippen LogP contribution < -0.4 is 10.1 Å². The zero-order chi connectivity index (χ0) is 19.9. The van der Waals surface area contributed by atoms with E-state index in [4.69, 9.17) is 14.2 Å². The monoisotopic (exact) mass is 377 g/mol. The maximum atomic E-state index is 12.9. The number of amides is 1. The van der Waals surface area contributed by atoms with E-state index < -0.39 is 11.6 Å². The van der Waals surface area contributed by atoms with Gasteiger partial charge in [0.15, 0.2) is 0 Å². The summed E-state index contributed by atoms with van der Waals surface area (Å²) < 4.78 is 16.4. The van der Waals surface area contributed by atoms with Crippen LogP contribution in [0.3, 0.4) is 0 Å². The summed E-state index contributed by atoms with van der Waals surface area (Å²) in [6, 6.07) is 5.02. The number of hydrogen-bond donors (Lipinski definition) is 1. The highest BCUT2D eigenvalue weighted by atomic mass is 16.5. The van der Waals surface area contributed by atoms with Crippen LogP contribution in [0, 0.1) is 5.92 Å². The minimum Gasteiger partial charge on any atom is -0.493 e. The lowest BCUT2D eigenvalue weighted by molar-refractivity contribution is -0.142.